The SMILES string of the molecule is CC(C)(O)Cn1ccc(NC(=O)[C@H](CC2CCCC2)c2ccc3c(c2)C=CS3(=O)=O)n1. The van der Waals surface area contributed by atoms with Gasteiger partial charge >= 0.3 is 0 Å². The molecule has 31 heavy (non-hydrogen) atoms. The summed E-state index contributed by atoms with van der Waals surface area (Å²) in [5.41, 5.74) is 0.549. The van der Waals surface area contributed by atoms with Gasteiger partial charge in [-0.25, -0.2) is 8.42 Å². The van der Waals surface area contributed by atoms with Crippen molar-refractivity contribution in [3.63, 3.8) is 0 Å². The Morgan fingerprint density at radius 3 is 2.74 bits per heavy atom. The Bertz CT molecular complexity index is 1110. The molecule has 0 radical (unpaired) electrons. The molecule has 2 N–H and O–H groups in total. The molecule has 1 atom stereocenters. The highest BCUT2D eigenvalue weighted by molar-refractivity contribution is 7.94. The van der Waals surface area contributed by atoms with Crippen molar-refractivity contribution >= 4 is 27.6 Å². The minimum atomic E-state index is -3.37. The number of anilines is 1. The summed E-state index contributed by atoms with van der Waals surface area (Å²) in [4.78, 5) is 13.6. The molecule has 0 saturated heterocycles. The summed E-state index contributed by atoms with van der Waals surface area (Å²) in [6, 6.07) is 6.90. The predicted octanol–water partition coefficient (Wildman–Crippen LogP) is 3.71. The third kappa shape index (κ3) is 5.07. The topological polar surface area (TPSA) is 101 Å². The van der Waals surface area contributed by atoms with Crippen molar-refractivity contribution in [1.82, 2.24) is 9.78 Å². The van der Waals surface area contributed by atoms with E-state index in [1.165, 1.54) is 18.2 Å². The first-order valence-corrected chi connectivity index (χ1v) is 12.3. The Kier molecular flexibility index (Phi) is 5.79. The van der Waals surface area contributed by atoms with Gasteiger partial charge in [0.15, 0.2) is 15.7 Å². The fraction of sp³-hybridized carbons (Fsp3) is 0.478. The maximum atomic E-state index is 13.3. The Morgan fingerprint density at radius 1 is 1.29 bits per heavy atom. The van der Waals surface area contributed by atoms with E-state index in [0.29, 0.717) is 28.7 Å². The van der Waals surface area contributed by atoms with Gasteiger partial charge in [0.2, 0.25) is 5.91 Å². The van der Waals surface area contributed by atoms with Crippen molar-refractivity contribution in [2.24, 2.45) is 5.92 Å². The van der Waals surface area contributed by atoms with E-state index in [2.05, 4.69) is 10.4 Å². The van der Waals surface area contributed by atoms with Gasteiger partial charge in [-0.15, -0.1) is 0 Å². The van der Waals surface area contributed by atoms with Crippen LogP contribution in [0, 0.1) is 5.92 Å². The smallest absolute Gasteiger partial charge is 0.233 e. The van der Waals surface area contributed by atoms with Gasteiger partial charge < -0.3 is 10.4 Å². The van der Waals surface area contributed by atoms with E-state index < -0.39 is 15.4 Å². The van der Waals surface area contributed by atoms with Gasteiger partial charge in [0.25, 0.3) is 0 Å². The maximum Gasteiger partial charge on any atom is 0.233 e. The van der Waals surface area contributed by atoms with Crippen LogP contribution in [0.5, 0.6) is 0 Å². The third-order valence-electron chi connectivity index (χ3n) is 5.97. The highest BCUT2D eigenvalue weighted by Gasteiger charge is 2.29. The van der Waals surface area contributed by atoms with Crippen LogP contribution in [0.1, 0.15) is 63.0 Å². The number of nitrogens with zero attached hydrogens (tertiary/aromatic N) is 2. The Labute approximate surface area is 183 Å². The molecule has 8 heteroatoms. The van der Waals surface area contributed by atoms with Crippen LogP contribution in [0.2, 0.25) is 0 Å². The van der Waals surface area contributed by atoms with Gasteiger partial charge in [0, 0.05) is 17.7 Å². The molecule has 2 aromatic rings. The first-order valence-electron chi connectivity index (χ1n) is 10.7. The van der Waals surface area contributed by atoms with Gasteiger partial charge in [0.05, 0.1) is 23.0 Å². The van der Waals surface area contributed by atoms with Crippen LogP contribution < -0.4 is 5.32 Å². The lowest BCUT2D eigenvalue weighted by molar-refractivity contribution is -0.118. The zero-order chi connectivity index (χ0) is 22.2. The molecule has 1 aliphatic heterocycles. The van der Waals surface area contributed by atoms with Crippen LogP contribution in [0.3, 0.4) is 0 Å². The summed E-state index contributed by atoms with van der Waals surface area (Å²) in [6.07, 6.45) is 8.65. The number of carbonyl (C=O) groups is 1. The normalized spacial score (nSPS) is 18.8. The third-order valence-corrected chi connectivity index (χ3v) is 7.45. The van der Waals surface area contributed by atoms with Crippen molar-refractivity contribution in [1.29, 1.82) is 0 Å². The van der Waals surface area contributed by atoms with Crippen LogP contribution >= 0.6 is 0 Å². The van der Waals surface area contributed by atoms with Gasteiger partial charge in [-0.2, -0.15) is 5.10 Å². The molecule has 7 nitrogen and oxygen atoms in total. The van der Waals surface area contributed by atoms with E-state index in [9.17, 15) is 18.3 Å². The zero-order valence-corrected chi connectivity index (χ0v) is 18.7. The fourth-order valence-electron chi connectivity index (χ4n) is 4.51. The Balaban J connectivity index is 1.57. The average molecular weight is 444 g/mol. The second-order valence-electron chi connectivity index (χ2n) is 9.28. The summed E-state index contributed by atoms with van der Waals surface area (Å²) in [6.45, 7) is 3.72. The summed E-state index contributed by atoms with van der Waals surface area (Å²) >= 11 is 0. The van der Waals surface area contributed by atoms with Crippen molar-refractivity contribution < 1.29 is 18.3 Å². The summed E-state index contributed by atoms with van der Waals surface area (Å²) in [7, 11) is -3.37. The van der Waals surface area contributed by atoms with Crippen LogP contribution in [0.4, 0.5) is 5.82 Å². The first-order chi connectivity index (χ1) is 14.6. The average Bonchev–Trinajstić information content (AvgIpc) is 3.40. The second kappa shape index (κ2) is 8.24. The van der Waals surface area contributed by atoms with E-state index in [1.54, 1.807) is 49.0 Å². The number of aromatic nitrogens is 2. The zero-order valence-electron chi connectivity index (χ0n) is 17.9. The number of rotatable bonds is 7. The van der Waals surface area contributed by atoms with Crippen molar-refractivity contribution in [2.75, 3.05) is 5.32 Å². The molecule has 1 aromatic carbocycles. The van der Waals surface area contributed by atoms with Gasteiger partial charge in [-0.3, -0.25) is 9.48 Å². The molecule has 1 fully saturated rings. The fourth-order valence-corrected chi connectivity index (χ4v) is 5.69. The van der Waals surface area contributed by atoms with E-state index >= 15 is 0 Å². The number of hydrogen-bond acceptors (Lipinski definition) is 5. The maximum absolute atomic E-state index is 13.3. The minimum Gasteiger partial charge on any atom is -0.389 e. The molecule has 0 bridgehead atoms. The van der Waals surface area contributed by atoms with Crippen LogP contribution in [0.25, 0.3) is 6.08 Å². The molecule has 2 heterocycles. The number of carbonyl (C=O) groups excluding carboxylic acids is 1. The molecule has 1 saturated carbocycles. The highest BCUT2D eigenvalue weighted by Crippen LogP contribution is 2.37. The lowest BCUT2D eigenvalue weighted by Gasteiger charge is -2.21. The Hall–Kier alpha value is -2.45. The lowest BCUT2D eigenvalue weighted by atomic mass is 9.86. The van der Waals surface area contributed by atoms with Gasteiger partial charge in [-0.1, -0.05) is 31.7 Å². The molecule has 166 valence electrons. The number of benzene rings is 1. The number of hydrogen-bond donors (Lipinski definition) is 2. The monoisotopic (exact) mass is 443 g/mol. The van der Waals surface area contributed by atoms with E-state index in [4.69, 9.17) is 0 Å². The first kappa shape index (κ1) is 21.8. The Morgan fingerprint density at radius 2 is 2.03 bits per heavy atom. The molecule has 1 aliphatic carbocycles. The summed E-state index contributed by atoms with van der Waals surface area (Å²) < 4.78 is 25.8. The van der Waals surface area contributed by atoms with Crippen molar-refractivity contribution in [2.45, 2.75) is 68.9 Å². The molecular formula is C23H29N3O4S. The minimum absolute atomic E-state index is 0.148. The van der Waals surface area contributed by atoms with Gasteiger partial charge in [-0.05, 0) is 55.5 Å². The van der Waals surface area contributed by atoms with Crippen molar-refractivity contribution in [3.05, 3.63) is 47.0 Å². The molecule has 1 aromatic heterocycles. The molecule has 2 aliphatic rings. The molecule has 0 unspecified atom stereocenters. The number of aliphatic hydroxyl groups is 1. The number of nitrogens with one attached hydrogen (secondary N) is 1. The molecule has 1 amide bonds. The number of fused-ring (bicyclic) bond motifs is 1. The number of amides is 1. The summed E-state index contributed by atoms with van der Waals surface area (Å²) in [5, 5.41) is 18.5. The molecule has 0 spiro atoms. The van der Waals surface area contributed by atoms with Crippen LogP contribution in [-0.4, -0.2) is 34.8 Å². The largest absolute Gasteiger partial charge is 0.389 e. The predicted molar refractivity (Wildman–Crippen MR) is 119 cm³/mol. The van der Waals surface area contributed by atoms with Gasteiger partial charge in [0.1, 0.15) is 0 Å². The van der Waals surface area contributed by atoms with E-state index in [-0.39, 0.29) is 11.8 Å². The highest BCUT2D eigenvalue weighted by atomic mass is 32.2. The van der Waals surface area contributed by atoms with E-state index in [0.717, 1.165) is 24.8 Å². The number of sulfone groups is 1. The van der Waals surface area contributed by atoms with Crippen molar-refractivity contribution in [3.8, 4) is 0 Å². The molecule has 4 rings (SSSR count). The second-order valence-corrected chi connectivity index (χ2v) is 11.1. The van der Waals surface area contributed by atoms with E-state index in [1.807, 2.05) is 6.07 Å². The lowest BCUT2D eigenvalue weighted by Crippen LogP contribution is -2.27. The quantitative estimate of drug-likeness (QED) is 0.679. The summed E-state index contributed by atoms with van der Waals surface area (Å²) in [5.74, 6) is 0.389. The molecular weight excluding hydrogens is 414 g/mol. The van der Waals surface area contributed by atoms with Crippen LogP contribution in [0.15, 0.2) is 40.8 Å². The standard InChI is InChI=1S/C23H29N3O4S/c1-23(2,28)15-26-11-9-21(25-26)24-22(27)19(13-16-5-3-4-6-16)17-7-8-20-18(14-17)10-12-31(20,29)30/h7-12,14,16,19,28H,3-6,13,15H2,1-2H3,(H,24,25,27)/t19-/m1/s1. The van der Waals surface area contributed by atoms with Crippen LogP contribution in [-0.2, 0) is 21.2 Å².